The third-order valence-corrected chi connectivity index (χ3v) is 2.96. The Hall–Kier alpha value is -1.75. The van der Waals surface area contributed by atoms with Gasteiger partial charge in [0.2, 0.25) is 0 Å². The van der Waals surface area contributed by atoms with Gasteiger partial charge in [0.05, 0.1) is 13.7 Å². The quantitative estimate of drug-likeness (QED) is 0.830. The normalized spacial score (nSPS) is 11.4. The van der Waals surface area contributed by atoms with Gasteiger partial charge >= 0.3 is 5.97 Å². The number of carboxylic acid groups (broad SMARTS) is 1. The molecule has 0 heterocycles. The van der Waals surface area contributed by atoms with Gasteiger partial charge in [0.15, 0.2) is 11.5 Å². The third kappa shape index (κ3) is 5.09. The zero-order chi connectivity index (χ0) is 15.2. The van der Waals surface area contributed by atoms with Crippen LogP contribution in [0.25, 0.3) is 0 Å². The van der Waals surface area contributed by atoms with Crippen LogP contribution >= 0.6 is 0 Å². The highest BCUT2D eigenvalue weighted by Gasteiger charge is 2.23. The monoisotopic (exact) mass is 281 g/mol. The van der Waals surface area contributed by atoms with E-state index in [9.17, 15) is 4.79 Å². The summed E-state index contributed by atoms with van der Waals surface area (Å²) in [6.45, 7) is 6.90. The molecule has 1 aromatic carbocycles. The number of aliphatic carboxylic acids is 1. The Kier molecular flexibility index (Phi) is 5.82. The van der Waals surface area contributed by atoms with Crippen LogP contribution in [-0.4, -0.2) is 48.3 Å². The summed E-state index contributed by atoms with van der Waals surface area (Å²) in [4.78, 5) is 12.8. The van der Waals surface area contributed by atoms with Crippen LogP contribution in [0.5, 0.6) is 11.5 Å². The Morgan fingerprint density at radius 1 is 1.25 bits per heavy atom. The SMILES string of the molecule is COc1ccccc1OCCN(CC(=O)O)C(C)(C)C. The standard InChI is InChI=1S/C15H23NO4/c1-15(2,3)16(11-14(17)18)9-10-20-13-8-6-5-7-12(13)19-4/h5-8H,9-11H2,1-4H3,(H,17,18). The van der Waals surface area contributed by atoms with E-state index in [1.54, 1.807) is 7.11 Å². The largest absolute Gasteiger partial charge is 0.493 e. The first-order valence-corrected chi connectivity index (χ1v) is 6.57. The van der Waals surface area contributed by atoms with E-state index in [0.717, 1.165) is 0 Å². The molecule has 0 radical (unpaired) electrons. The van der Waals surface area contributed by atoms with E-state index in [2.05, 4.69) is 0 Å². The van der Waals surface area contributed by atoms with Crippen LogP contribution in [-0.2, 0) is 4.79 Å². The van der Waals surface area contributed by atoms with Gasteiger partial charge in [-0.3, -0.25) is 9.69 Å². The first-order chi connectivity index (χ1) is 9.34. The number of methoxy groups -OCH3 is 1. The topological polar surface area (TPSA) is 59.0 Å². The molecule has 1 rings (SSSR count). The summed E-state index contributed by atoms with van der Waals surface area (Å²) in [7, 11) is 1.59. The highest BCUT2D eigenvalue weighted by atomic mass is 16.5. The Balaban J connectivity index is 2.58. The molecule has 0 aliphatic carbocycles. The smallest absolute Gasteiger partial charge is 0.317 e. The molecule has 1 N–H and O–H groups in total. The lowest BCUT2D eigenvalue weighted by molar-refractivity contribution is -0.139. The number of nitrogens with zero attached hydrogens (tertiary/aromatic N) is 1. The van der Waals surface area contributed by atoms with Crippen LogP contribution in [0.1, 0.15) is 20.8 Å². The van der Waals surface area contributed by atoms with Gasteiger partial charge in [0.25, 0.3) is 0 Å². The average Bonchev–Trinajstić information content (AvgIpc) is 2.36. The van der Waals surface area contributed by atoms with Crippen molar-refractivity contribution in [2.45, 2.75) is 26.3 Å². The highest BCUT2D eigenvalue weighted by molar-refractivity contribution is 5.69. The predicted octanol–water partition coefficient (Wildman–Crippen LogP) is 2.26. The molecule has 1 aromatic rings. The Morgan fingerprint density at radius 3 is 2.35 bits per heavy atom. The third-order valence-electron chi connectivity index (χ3n) is 2.96. The Morgan fingerprint density at radius 2 is 1.85 bits per heavy atom. The molecule has 0 spiro atoms. The number of hydrogen-bond donors (Lipinski definition) is 1. The van der Waals surface area contributed by atoms with Crippen molar-refractivity contribution in [3.8, 4) is 11.5 Å². The number of carbonyl (C=O) groups is 1. The molecule has 0 aromatic heterocycles. The number of benzene rings is 1. The Bertz CT molecular complexity index is 440. The van der Waals surface area contributed by atoms with Crippen LogP contribution in [0.15, 0.2) is 24.3 Å². The molecule has 112 valence electrons. The van der Waals surface area contributed by atoms with Crippen molar-refractivity contribution < 1.29 is 19.4 Å². The maximum atomic E-state index is 10.9. The molecule has 0 unspecified atom stereocenters. The van der Waals surface area contributed by atoms with Gasteiger partial charge in [-0.25, -0.2) is 0 Å². The fourth-order valence-corrected chi connectivity index (χ4v) is 1.82. The second-order valence-corrected chi connectivity index (χ2v) is 5.49. The van der Waals surface area contributed by atoms with E-state index in [1.807, 2.05) is 49.9 Å². The van der Waals surface area contributed by atoms with Gasteiger partial charge in [-0.1, -0.05) is 12.1 Å². The zero-order valence-electron chi connectivity index (χ0n) is 12.5. The summed E-state index contributed by atoms with van der Waals surface area (Å²) in [6, 6.07) is 7.40. The fraction of sp³-hybridized carbons (Fsp3) is 0.533. The van der Waals surface area contributed by atoms with Crippen molar-refractivity contribution in [1.82, 2.24) is 4.90 Å². The van der Waals surface area contributed by atoms with Crippen molar-refractivity contribution in [2.75, 3.05) is 26.8 Å². The molecule has 0 amide bonds. The van der Waals surface area contributed by atoms with Gasteiger partial charge in [-0.2, -0.15) is 0 Å². The molecule has 5 nitrogen and oxygen atoms in total. The number of carboxylic acids is 1. The van der Waals surface area contributed by atoms with Crippen molar-refractivity contribution >= 4 is 5.97 Å². The van der Waals surface area contributed by atoms with E-state index in [4.69, 9.17) is 14.6 Å². The number of rotatable bonds is 7. The van der Waals surface area contributed by atoms with Crippen molar-refractivity contribution in [2.24, 2.45) is 0 Å². The lowest BCUT2D eigenvalue weighted by atomic mass is 10.1. The van der Waals surface area contributed by atoms with E-state index in [1.165, 1.54) is 0 Å². The summed E-state index contributed by atoms with van der Waals surface area (Å²) in [5, 5.41) is 8.94. The van der Waals surface area contributed by atoms with E-state index < -0.39 is 5.97 Å². The first-order valence-electron chi connectivity index (χ1n) is 6.57. The zero-order valence-corrected chi connectivity index (χ0v) is 12.5. The van der Waals surface area contributed by atoms with Crippen molar-refractivity contribution in [3.63, 3.8) is 0 Å². The predicted molar refractivity (Wildman–Crippen MR) is 77.5 cm³/mol. The van der Waals surface area contributed by atoms with Crippen molar-refractivity contribution in [1.29, 1.82) is 0 Å². The average molecular weight is 281 g/mol. The minimum atomic E-state index is -0.836. The summed E-state index contributed by atoms with van der Waals surface area (Å²) in [5.41, 5.74) is -0.220. The molecular weight excluding hydrogens is 258 g/mol. The summed E-state index contributed by atoms with van der Waals surface area (Å²) < 4.78 is 10.9. The van der Waals surface area contributed by atoms with E-state index >= 15 is 0 Å². The minimum Gasteiger partial charge on any atom is -0.493 e. The number of para-hydroxylation sites is 2. The molecule has 0 aliphatic heterocycles. The van der Waals surface area contributed by atoms with Crippen LogP contribution in [0.4, 0.5) is 0 Å². The van der Waals surface area contributed by atoms with Crippen LogP contribution in [0.3, 0.4) is 0 Å². The molecule has 0 saturated carbocycles. The van der Waals surface area contributed by atoms with Crippen LogP contribution < -0.4 is 9.47 Å². The number of ether oxygens (including phenoxy) is 2. The molecule has 0 aliphatic rings. The second-order valence-electron chi connectivity index (χ2n) is 5.49. The first kappa shape index (κ1) is 16.3. The van der Waals surface area contributed by atoms with Gasteiger partial charge in [-0.05, 0) is 32.9 Å². The van der Waals surface area contributed by atoms with Gasteiger partial charge in [0.1, 0.15) is 6.61 Å². The number of hydrogen-bond acceptors (Lipinski definition) is 4. The second kappa shape index (κ2) is 7.14. The van der Waals surface area contributed by atoms with E-state index in [-0.39, 0.29) is 12.1 Å². The maximum Gasteiger partial charge on any atom is 0.317 e. The summed E-state index contributed by atoms with van der Waals surface area (Å²) in [5.74, 6) is 0.504. The van der Waals surface area contributed by atoms with Gasteiger partial charge in [-0.15, -0.1) is 0 Å². The van der Waals surface area contributed by atoms with Gasteiger partial charge < -0.3 is 14.6 Å². The Labute approximate surface area is 120 Å². The maximum absolute atomic E-state index is 10.9. The molecular formula is C15H23NO4. The molecule has 0 atom stereocenters. The molecule has 0 saturated heterocycles. The summed E-state index contributed by atoms with van der Waals surface area (Å²) >= 11 is 0. The van der Waals surface area contributed by atoms with Crippen molar-refractivity contribution in [3.05, 3.63) is 24.3 Å². The molecule has 0 bridgehead atoms. The lowest BCUT2D eigenvalue weighted by Gasteiger charge is -2.34. The van der Waals surface area contributed by atoms with E-state index in [0.29, 0.717) is 24.7 Å². The molecule has 5 heteroatoms. The summed E-state index contributed by atoms with van der Waals surface area (Å²) in [6.07, 6.45) is 0. The molecule has 20 heavy (non-hydrogen) atoms. The lowest BCUT2D eigenvalue weighted by Crippen LogP contribution is -2.46. The minimum absolute atomic E-state index is 0.00121. The fourth-order valence-electron chi connectivity index (χ4n) is 1.82. The van der Waals surface area contributed by atoms with Crippen LogP contribution in [0, 0.1) is 0 Å². The highest BCUT2D eigenvalue weighted by Crippen LogP contribution is 2.25. The van der Waals surface area contributed by atoms with Gasteiger partial charge in [0, 0.05) is 12.1 Å². The molecule has 0 fully saturated rings. The van der Waals surface area contributed by atoms with Crippen LogP contribution in [0.2, 0.25) is 0 Å².